The van der Waals surface area contributed by atoms with Crippen LogP contribution in [0.4, 0.5) is 0 Å². The minimum absolute atomic E-state index is 0.0687. The fourth-order valence-corrected chi connectivity index (χ4v) is 9.29. The van der Waals surface area contributed by atoms with Crippen molar-refractivity contribution >= 4 is 0 Å². The first-order chi connectivity index (χ1) is 22.3. The molecule has 0 heteroatoms. The fraction of sp³-hybridized carbons (Fsp3) is 0.417. The zero-order valence-electron chi connectivity index (χ0n) is 31.6. The summed E-state index contributed by atoms with van der Waals surface area (Å²) in [6.07, 6.45) is 6.37. The van der Waals surface area contributed by atoms with E-state index in [1.54, 1.807) is 5.57 Å². The second-order valence-electron chi connectivity index (χ2n) is 18.8. The van der Waals surface area contributed by atoms with E-state index in [0.29, 0.717) is 0 Å². The smallest absolute Gasteiger partial charge is 0.0208 e. The Morgan fingerprint density at radius 2 is 1.02 bits per heavy atom. The summed E-state index contributed by atoms with van der Waals surface area (Å²) in [6, 6.07) is 34.1. The van der Waals surface area contributed by atoms with Gasteiger partial charge in [-0.1, -0.05) is 183 Å². The van der Waals surface area contributed by atoms with Gasteiger partial charge in [0.05, 0.1) is 0 Å². The van der Waals surface area contributed by atoms with Crippen molar-refractivity contribution in [1.29, 1.82) is 0 Å². The summed E-state index contributed by atoms with van der Waals surface area (Å²) in [6.45, 7) is 28.2. The van der Waals surface area contributed by atoms with Crippen molar-refractivity contribution < 1.29 is 0 Å². The summed E-state index contributed by atoms with van der Waals surface area (Å²) in [5.74, 6) is 0.513. The molecule has 0 bridgehead atoms. The van der Waals surface area contributed by atoms with Gasteiger partial charge in [-0.05, 0) is 86.6 Å². The Morgan fingerprint density at radius 1 is 0.562 bits per heavy atom. The number of hydrogen-bond acceptors (Lipinski definition) is 0. The van der Waals surface area contributed by atoms with E-state index >= 15 is 0 Å². The number of benzene rings is 4. The van der Waals surface area contributed by atoms with Crippen molar-refractivity contribution in [2.24, 2.45) is 11.3 Å². The van der Waals surface area contributed by atoms with Crippen molar-refractivity contribution in [3.63, 3.8) is 0 Å². The standard InChI is InChI=1S/C48H56/c1-30-13-17-32(18-14-30)47(12)29-48(33-19-15-31(2)16-20-33,42-28-36(27-41(42)47)46(9,10)11)43-37-23-21-34(44(3,4)5)25-39(37)40-26-35(45(6,7)8)22-24-38(40)43/h13-28,42-43H,29H2,1-12H3. The van der Waals surface area contributed by atoms with Crippen molar-refractivity contribution in [3.8, 4) is 11.1 Å². The second kappa shape index (κ2) is 10.7. The molecule has 0 aliphatic heterocycles. The van der Waals surface area contributed by atoms with Gasteiger partial charge in [-0.15, -0.1) is 0 Å². The van der Waals surface area contributed by atoms with Crippen LogP contribution in [0.25, 0.3) is 11.1 Å². The topological polar surface area (TPSA) is 0 Å². The SMILES string of the molecule is Cc1ccc(C2(C)CC(c3ccc(C)cc3)(C3c4ccc(C(C)(C)C)cc4-c4cc(C(C)(C)C)ccc43)C3C=C(C(C)(C)C)C=C32)cc1. The molecule has 3 atom stereocenters. The molecule has 0 N–H and O–H groups in total. The van der Waals surface area contributed by atoms with Gasteiger partial charge >= 0.3 is 0 Å². The van der Waals surface area contributed by atoms with Crippen LogP contribution in [0.5, 0.6) is 0 Å². The largest absolute Gasteiger partial charge is 0.0726 e. The van der Waals surface area contributed by atoms with E-state index in [0.717, 1.165) is 6.42 Å². The molecule has 4 aromatic rings. The van der Waals surface area contributed by atoms with Crippen molar-refractivity contribution in [3.05, 3.63) is 153 Å². The van der Waals surface area contributed by atoms with E-state index in [4.69, 9.17) is 0 Å². The summed E-state index contributed by atoms with van der Waals surface area (Å²) >= 11 is 0. The summed E-state index contributed by atoms with van der Waals surface area (Å²) in [5.41, 5.74) is 17.2. The minimum atomic E-state index is -0.168. The first-order valence-corrected chi connectivity index (χ1v) is 18.2. The average Bonchev–Trinajstić information content (AvgIpc) is 3.67. The molecule has 3 aliphatic rings. The third-order valence-electron chi connectivity index (χ3n) is 12.2. The van der Waals surface area contributed by atoms with Crippen molar-refractivity contribution in [2.75, 3.05) is 0 Å². The molecular weight excluding hydrogens is 577 g/mol. The van der Waals surface area contributed by atoms with Gasteiger partial charge in [0.1, 0.15) is 0 Å². The third-order valence-corrected chi connectivity index (χ3v) is 12.2. The average molecular weight is 633 g/mol. The Balaban J connectivity index is 1.58. The lowest BCUT2D eigenvalue weighted by Gasteiger charge is -2.42. The molecule has 0 spiro atoms. The number of hydrogen-bond donors (Lipinski definition) is 0. The van der Waals surface area contributed by atoms with Gasteiger partial charge in [0.2, 0.25) is 0 Å². The molecule has 7 rings (SSSR count). The third kappa shape index (κ3) is 5.00. The molecule has 4 aromatic carbocycles. The van der Waals surface area contributed by atoms with Crippen LogP contribution in [0.15, 0.2) is 108 Å². The molecule has 3 aliphatic carbocycles. The number of allylic oxidation sites excluding steroid dienone is 4. The Kier molecular flexibility index (Phi) is 7.32. The Morgan fingerprint density at radius 3 is 1.46 bits per heavy atom. The molecular formula is C48H56. The Labute approximate surface area is 291 Å². The van der Waals surface area contributed by atoms with E-state index in [-0.39, 0.29) is 38.9 Å². The molecule has 1 saturated carbocycles. The molecule has 0 amide bonds. The molecule has 0 nitrogen and oxygen atoms in total. The molecule has 0 heterocycles. The van der Waals surface area contributed by atoms with E-state index in [9.17, 15) is 0 Å². The van der Waals surface area contributed by atoms with Crippen LogP contribution in [-0.4, -0.2) is 0 Å². The minimum Gasteiger partial charge on any atom is -0.0726 e. The fourth-order valence-electron chi connectivity index (χ4n) is 9.29. The monoisotopic (exact) mass is 632 g/mol. The number of aryl methyl sites for hydroxylation is 2. The van der Waals surface area contributed by atoms with Crippen molar-refractivity contribution in [2.45, 2.75) is 117 Å². The van der Waals surface area contributed by atoms with Crippen LogP contribution in [0, 0.1) is 25.2 Å². The molecule has 48 heavy (non-hydrogen) atoms. The van der Waals surface area contributed by atoms with Crippen LogP contribution in [0.2, 0.25) is 0 Å². The Bertz CT molecular complexity index is 1890. The van der Waals surface area contributed by atoms with E-state index in [1.807, 2.05) is 0 Å². The van der Waals surface area contributed by atoms with Crippen LogP contribution in [0.3, 0.4) is 0 Å². The van der Waals surface area contributed by atoms with Crippen LogP contribution < -0.4 is 0 Å². The molecule has 0 radical (unpaired) electrons. The quantitative estimate of drug-likeness (QED) is 0.211. The maximum Gasteiger partial charge on any atom is 0.0208 e. The molecule has 248 valence electrons. The van der Waals surface area contributed by atoms with Gasteiger partial charge in [-0.3, -0.25) is 0 Å². The number of rotatable bonds is 3. The highest BCUT2D eigenvalue weighted by Crippen LogP contribution is 2.70. The Hall–Kier alpha value is -3.64. The highest BCUT2D eigenvalue weighted by molar-refractivity contribution is 5.82. The van der Waals surface area contributed by atoms with Crippen LogP contribution in [-0.2, 0) is 21.7 Å². The highest BCUT2D eigenvalue weighted by atomic mass is 14.6. The lowest BCUT2D eigenvalue weighted by molar-refractivity contribution is 0.320. The van der Waals surface area contributed by atoms with Gasteiger partial charge in [0.15, 0.2) is 0 Å². The normalized spacial score (nSPS) is 23.9. The van der Waals surface area contributed by atoms with E-state index < -0.39 is 0 Å². The summed E-state index contributed by atoms with van der Waals surface area (Å²) in [5, 5.41) is 0. The van der Waals surface area contributed by atoms with Gasteiger partial charge in [-0.2, -0.15) is 0 Å². The first kappa shape index (κ1) is 32.9. The molecule has 0 aromatic heterocycles. The van der Waals surface area contributed by atoms with Crippen LogP contribution >= 0.6 is 0 Å². The maximum absolute atomic E-state index is 2.69. The van der Waals surface area contributed by atoms with Crippen molar-refractivity contribution in [1.82, 2.24) is 0 Å². The summed E-state index contributed by atoms with van der Waals surface area (Å²) in [7, 11) is 0. The lowest BCUT2D eigenvalue weighted by atomic mass is 9.59. The summed E-state index contributed by atoms with van der Waals surface area (Å²) in [4.78, 5) is 0. The molecule has 3 unspecified atom stereocenters. The predicted octanol–water partition coefficient (Wildman–Crippen LogP) is 12.8. The molecule has 0 saturated heterocycles. The van der Waals surface area contributed by atoms with Gasteiger partial charge in [-0.25, -0.2) is 0 Å². The van der Waals surface area contributed by atoms with Crippen LogP contribution in [0.1, 0.15) is 126 Å². The summed E-state index contributed by atoms with van der Waals surface area (Å²) < 4.78 is 0. The zero-order chi connectivity index (χ0) is 34.6. The highest BCUT2D eigenvalue weighted by Gasteiger charge is 2.62. The van der Waals surface area contributed by atoms with Gasteiger partial charge in [0, 0.05) is 22.7 Å². The molecule has 1 fully saturated rings. The zero-order valence-corrected chi connectivity index (χ0v) is 31.6. The number of fused-ring (bicyclic) bond motifs is 4. The maximum atomic E-state index is 2.69. The first-order valence-electron chi connectivity index (χ1n) is 18.2. The second-order valence-corrected chi connectivity index (χ2v) is 18.8. The van der Waals surface area contributed by atoms with Gasteiger partial charge < -0.3 is 0 Å². The van der Waals surface area contributed by atoms with Gasteiger partial charge in [0.25, 0.3) is 0 Å². The van der Waals surface area contributed by atoms with E-state index in [2.05, 4.69) is 180 Å². The predicted molar refractivity (Wildman–Crippen MR) is 206 cm³/mol. The van der Waals surface area contributed by atoms with E-state index in [1.165, 1.54) is 61.2 Å². The lowest BCUT2D eigenvalue weighted by Crippen LogP contribution is -2.38.